The van der Waals surface area contributed by atoms with Gasteiger partial charge in [-0.2, -0.15) is 0 Å². The van der Waals surface area contributed by atoms with E-state index in [1.54, 1.807) is 6.92 Å². The standard InChI is InChI=1S/C11H20N2O5/c1-7(6-12)5-9(14)13-8(11(16)17)3-4-10(15)18-2/h7-8H,3-6,12H2,1-2H3,(H,13,14)(H,16,17)/t7?,8-/m1/s1. The van der Waals surface area contributed by atoms with Crippen molar-refractivity contribution in [3.8, 4) is 0 Å². The highest BCUT2D eigenvalue weighted by Crippen LogP contribution is 2.03. The number of amides is 1. The van der Waals surface area contributed by atoms with E-state index in [1.807, 2.05) is 0 Å². The van der Waals surface area contributed by atoms with Crippen molar-refractivity contribution in [1.29, 1.82) is 0 Å². The van der Waals surface area contributed by atoms with Gasteiger partial charge in [0.05, 0.1) is 7.11 Å². The Bertz CT molecular complexity index is 306. The number of hydrogen-bond donors (Lipinski definition) is 3. The molecule has 0 saturated carbocycles. The fourth-order valence-electron chi connectivity index (χ4n) is 1.27. The molecule has 0 radical (unpaired) electrons. The lowest BCUT2D eigenvalue weighted by Crippen LogP contribution is -2.42. The van der Waals surface area contributed by atoms with Crippen LogP contribution in [-0.2, 0) is 19.1 Å². The highest BCUT2D eigenvalue weighted by atomic mass is 16.5. The van der Waals surface area contributed by atoms with Crippen LogP contribution in [0.2, 0.25) is 0 Å². The first-order valence-electron chi connectivity index (χ1n) is 5.69. The molecule has 0 aliphatic rings. The lowest BCUT2D eigenvalue weighted by molar-refractivity contribution is -0.144. The Balaban J connectivity index is 4.23. The maximum absolute atomic E-state index is 11.5. The summed E-state index contributed by atoms with van der Waals surface area (Å²) in [7, 11) is 1.22. The van der Waals surface area contributed by atoms with Gasteiger partial charge in [0.25, 0.3) is 0 Å². The van der Waals surface area contributed by atoms with Crippen molar-refractivity contribution < 1.29 is 24.2 Å². The summed E-state index contributed by atoms with van der Waals surface area (Å²) in [6.45, 7) is 2.15. The number of esters is 1. The summed E-state index contributed by atoms with van der Waals surface area (Å²) in [5.74, 6) is -2.08. The van der Waals surface area contributed by atoms with Crippen molar-refractivity contribution in [2.75, 3.05) is 13.7 Å². The molecule has 1 amide bonds. The monoisotopic (exact) mass is 260 g/mol. The molecule has 0 saturated heterocycles. The van der Waals surface area contributed by atoms with E-state index in [9.17, 15) is 14.4 Å². The van der Waals surface area contributed by atoms with Crippen LogP contribution in [0.15, 0.2) is 0 Å². The molecular weight excluding hydrogens is 240 g/mol. The van der Waals surface area contributed by atoms with Crippen molar-refractivity contribution in [3.63, 3.8) is 0 Å². The number of nitrogens with one attached hydrogen (secondary N) is 1. The Labute approximate surface area is 106 Å². The molecule has 0 bridgehead atoms. The molecule has 4 N–H and O–H groups in total. The highest BCUT2D eigenvalue weighted by Gasteiger charge is 2.21. The Morgan fingerprint density at radius 1 is 1.39 bits per heavy atom. The van der Waals surface area contributed by atoms with Crippen molar-refractivity contribution in [2.24, 2.45) is 11.7 Å². The van der Waals surface area contributed by atoms with Gasteiger partial charge in [0.2, 0.25) is 5.91 Å². The Morgan fingerprint density at radius 2 is 2.00 bits per heavy atom. The van der Waals surface area contributed by atoms with E-state index in [0.29, 0.717) is 6.54 Å². The Morgan fingerprint density at radius 3 is 2.44 bits per heavy atom. The largest absolute Gasteiger partial charge is 0.480 e. The molecule has 0 aromatic carbocycles. The predicted octanol–water partition coefficient (Wildman–Crippen LogP) is -0.506. The van der Waals surface area contributed by atoms with E-state index in [-0.39, 0.29) is 31.1 Å². The van der Waals surface area contributed by atoms with Crippen molar-refractivity contribution >= 4 is 17.8 Å². The number of aliphatic carboxylic acids is 1. The molecule has 1 unspecified atom stereocenters. The minimum absolute atomic E-state index is 0.00471. The number of carboxylic acids is 1. The minimum atomic E-state index is -1.17. The average Bonchev–Trinajstić information content (AvgIpc) is 2.33. The number of nitrogens with two attached hydrogens (primary N) is 1. The molecule has 0 aliphatic heterocycles. The summed E-state index contributed by atoms with van der Waals surface area (Å²) in [5.41, 5.74) is 5.37. The summed E-state index contributed by atoms with van der Waals surface area (Å²) in [4.78, 5) is 33.3. The van der Waals surface area contributed by atoms with Gasteiger partial charge in [0, 0.05) is 12.8 Å². The molecule has 18 heavy (non-hydrogen) atoms. The van der Waals surface area contributed by atoms with Crippen LogP contribution < -0.4 is 11.1 Å². The Kier molecular flexibility index (Phi) is 7.69. The van der Waals surface area contributed by atoms with E-state index in [0.717, 1.165) is 0 Å². The number of carbonyl (C=O) groups excluding carboxylic acids is 2. The van der Waals surface area contributed by atoms with Gasteiger partial charge in [0.1, 0.15) is 6.04 Å². The molecule has 0 rings (SSSR count). The molecule has 0 aromatic rings. The van der Waals surface area contributed by atoms with Gasteiger partial charge in [0.15, 0.2) is 0 Å². The van der Waals surface area contributed by atoms with Crippen LogP contribution in [0.3, 0.4) is 0 Å². The lowest BCUT2D eigenvalue weighted by atomic mass is 10.1. The van der Waals surface area contributed by atoms with E-state index in [1.165, 1.54) is 7.11 Å². The molecule has 7 nitrogen and oxygen atoms in total. The molecule has 7 heteroatoms. The first-order chi connectivity index (χ1) is 8.40. The van der Waals surface area contributed by atoms with Gasteiger partial charge in [-0.15, -0.1) is 0 Å². The SMILES string of the molecule is COC(=O)CC[C@@H](NC(=O)CC(C)CN)C(=O)O. The van der Waals surface area contributed by atoms with Crippen molar-refractivity contribution in [3.05, 3.63) is 0 Å². The molecule has 0 fully saturated rings. The second-order valence-electron chi connectivity index (χ2n) is 4.12. The number of methoxy groups -OCH3 is 1. The topological polar surface area (TPSA) is 119 Å². The summed E-state index contributed by atoms with van der Waals surface area (Å²) in [5, 5.41) is 11.3. The highest BCUT2D eigenvalue weighted by molar-refractivity contribution is 5.84. The van der Waals surface area contributed by atoms with Gasteiger partial charge < -0.3 is 20.9 Å². The summed E-state index contributed by atoms with van der Waals surface area (Å²) >= 11 is 0. The minimum Gasteiger partial charge on any atom is -0.480 e. The van der Waals surface area contributed by atoms with Crippen molar-refractivity contribution in [1.82, 2.24) is 5.32 Å². The van der Waals surface area contributed by atoms with Crippen LogP contribution >= 0.6 is 0 Å². The summed E-state index contributed by atoms with van der Waals surface area (Å²) in [6, 6.07) is -1.08. The zero-order valence-corrected chi connectivity index (χ0v) is 10.6. The van der Waals surface area contributed by atoms with Gasteiger partial charge >= 0.3 is 11.9 Å². The number of carboxylic acid groups (broad SMARTS) is 1. The third-order valence-corrected chi connectivity index (χ3v) is 2.43. The first-order valence-corrected chi connectivity index (χ1v) is 5.69. The molecule has 0 aliphatic carbocycles. The number of carbonyl (C=O) groups is 3. The first kappa shape index (κ1) is 16.4. The normalized spacial score (nSPS) is 13.5. The molecule has 0 spiro atoms. The lowest BCUT2D eigenvalue weighted by Gasteiger charge is -2.15. The quantitative estimate of drug-likeness (QED) is 0.506. The molecule has 0 heterocycles. The zero-order chi connectivity index (χ0) is 14.1. The van der Waals surface area contributed by atoms with Gasteiger partial charge in [-0.05, 0) is 18.9 Å². The number of hydrogen-bond acceptors (Lipinski definition) is 5. The van der Waals surface area contributed by atoms with Crippen LogP contribution in [0, 0.1) is 5.92 Å². The maximum Gasteiger partial charge on any atom is 0.326 e. The van der Waals surface area contributed by atoms with E-state index in [4.69, 9.17) is 10.8 Å². The van der Waals surface area contributed by atoms with Gasteiger partial charge in [-0.3, -0.25) is 9.59 Å². The van der Waals surface area contributed by atoms with Crippen LogP contribution in [0.4, 0.5) is 0 Å². The average molecular weight is 260 g/mol. The predicted molar refractivity (Wildman–Crippen MR) is 63.7 cm³/mol. The Hall–Kier alpha value is -1.63. The van der Waals surface area contributed by atoms with Crippen LogP contribution in [0.1, 0.15) is 26.2 Å². The number of rotatable bonds is 8. The van der Waals surface area contributed by atoms with Crippen LogP contribution in [-0.4, -0.2) is 42.6 Å². The van der Waals surface area contributed by atoms with E-state index in [2.05, 4.69) is 10.1 Å². The van der Waals surface area contributed by atoms with Crippen molar-refractivity contribution in [2.45, 2.75) is 32.2 Å². The van der Waals surface area contributed by atoms with Gasteiger partial charge in [-0.1, -0.05) is 6.92 Å². The molecule has 104 valence electrons. The molecule has 0 aromatic heterocycles. The van der Waals surface area contributed by atoms with E-state index >= 15 is 0 Å². The zero-order valence-electron chi connectivity index (χ0n) is 10.6. The second kappa shape index (κ2) is 8.46. The molecular formula is C11H20N2O5. The third kappa shape index (κ3) is 6.85. The number of ether oxygens (including phenoxy) is 1. The van der Waals surface area contributed by atoms with Crippen LogP contribution in [0.25, 0.3) is 0 Å². The summed E-state index contributed by atoms with van der Waals surface area (Å²) in [6.07, 6.45) is 0.115. The fraction of sp³-hybridized carbons (Fsp3) is 0.727. The maximum atomic E-state index is 11.5. The third-order valence-electron chi connectivity index (χ3n) is 2.43. The summed E-state index contributed by atoms with van der Waals surface area (Å²) < 4.78 is 4.41. The second-order valence-corrected chi connectivity index (χ2v) is 4.12. The fourth-order valence-corrected chi connectivity index (χ4v) is 1.27. The smallest absolute Gasteiger partial charge is 0.326 e. The van der Waals surface area contributed by atoms with Crippen LogP contribution in [0.5, 0.6) is 0 Å². The molecule has 2 atom stereocenters. The van der Waals surface area contributed by atoms with E-state index < -0.39 is 18.0 Å². The van der Waals surface area contributed by atoms with Gasteiger partial charge in [-0.25, -0.2) is 4.79 Å².